The van der Waals surface area contributed by atoms with E-state index in [1.165, 1.54) is 12.4 Å². The summed E-state index contributed by atoms with van der Waals surface area (Å²) in [5.74, 6) is 0.385. The first-order chi connectivity index (χ1) is 8.48. The average molecular weight is 299 g/mol. The fraction of sp³-hybridized carbons (Fsp3) is 0.571. The van der Waals surface area contributed by atoms with E-state index in [4.69, 9.17) is 0 Å². The van der Waals surface area contributed by atoms with Crippen molar-refractivity contribution in [3.8, 4) is 11.5 Å². The monoisotopic (exact) mass is 298 g/mol. The molecular weight excluding hydrogens is 276 g/mol. The highest BCUT2D eigenvalue weighted by molar-refractivity contribution is 6.15. The minimum atomic E-state index is -0.632. The van der Waals surface area contributed by atoms with Crippen molar-refractivity contribution in [1.29, 1.82) is 0 Å². The molecule has 0 saturated heterocycles. The van der Waals surface area contributed by atoms with Gasteiger partial charge in [-0.05, 0) is 50.2 Å². The van der Waals surface area contributed by atoms with Gasteiger partial charge in [-0.2, -0.15) is 0 Å². The Morgan fingerprint density at radius 1 is 1.26 bits per heavy atom. The first-order valence-corrected chi connectivity index (χ1v) is 6.86. The molecule has 0 radical (unpaired) electrons. The van der Waals surface area contributed by atoms with Gasteiger partial charge in [0, 0.05) is 12.4 Å². The molecular formula is C14H23ClMgO3. The third-order valence-electron chi connectivity index (χ3n) is 3.41. The van der Waals surface area contributed by atoms with Crippen molar-refractivity contribution < 1.29 is 15.3 Å². The standard InChI is InChI=1S/C13H18O3.CH3Cl.Mg.2H/c1-13(16)6-2-3-9(8-13)11-5-4-10(14)7-12(11)15;1-2;;;/h4-5,7,9,14-16H,2-3,6,8H2,1H3;1H3;;;. The molecule has 1 aliphatic rings. The Morgan fingerprint density at radius 2 is 1.89 bits per heavy atom. The van der Waals surface area contributed by atoms with Crippen LogP contribution < -0.4 is 0 Å². The van der Waals surface area contributed by atoms with Crippen LogP contribution in [-0.4, -0.2) is 50.4 Å². The second kappa shape index (κ2) is 8.20. The molecule has 5 heteroatoms. The van der Waals surface area contributed by atoms with Crippen LogP contribution in [0.3, 0.4) is 0 Å². The summed E-state index contributed by atoms with van der Waals surface area (Å²) in [5.41, 5.74) is 0.200. The second-order valence-electron chi connectivity index (χ2n) is 5.03. The van der Waals surface area contributed by atoms with E-state index in [1.807, 2.05) is 6.92 Å². The zero-order valence-electron chi connectivity index (χ0n) is 10.9. The van der Waals surface area contributed by atoms with Crippen LogP contribution in [-0.2, 0) is 0 Å². The molecule has 3 N–H and O–H groups in total. The van der Waals surface area contributed by atoms with Crippen molar-refractivity contribution in [2.45, 2.75) is 44.1 Å². The first kappa shape index (κ1) is 18.8. The van der Waals surface area contributed by atoms with E-state index in [-0.39, 0.29) is 40.5 Å². The molecule has 2 unspecified atom stereocenters. The number of hydrogen-bond donors (Lipinski definition) is 3. The molecule has 1 fully saturated rings. The van der Waals surface area contributed by atoms with E-state index >= 15 is 0 Å². The van der Waals surface area contributed by atoms with Gasteiger partial charge < -0.3 is 15.3 Å². The van der Waals surface area contributed by atoms with E-state index in [1.54, 1.807) is 12.1 Å². The molecule has 19 heavy (non-hydrogen) atoms. The highest BCUT2D eigenvalue weighted by Crippen LogP contribution is 2.41. The molecule has 0 bridgehead atoms. The average Bonchev–Trinajstić information content (AvgIpc) is 2.30. The molecule has 106 valence electrons. The van der Waals surface area contributed by atoms with E-state index in [2.05, 4.69) is 11.6 Å². The van der Waals surface area contributed by atoms with Crippen molar-refractivity contribution in [1.82, 2.24) is 0 Å². The van der Waals surface area contributed by atoms with Crippen LogP contribution >= 0.6 is 11.6 Å². The number of aromatic hydroxyl groups is 2. The molecule has 2 rings (SSSR count). The maximum atomic E-state index is 10.0. The number of aliphatic hydroxyl groups is 1. The summed E-state index contributed by atoms with van der Waals surface area (Å²) in [5, 5.41) is 29.0. The molecule has 1 saturated carbocycles. The van der Waals surface area contributed by atoms with E-state index < -0.39 is 5.60 Å². The van der Waals surface area contributed by atoms with Crippen LogP contribution in [0.5, 0.6) is 11.5 Å². The number of phenols is 2. The van der Waals surface area contributed by atoms with Gasteiger partial charge in [0.1, 0.15) is 11.5 Å². The lowest BCUT2D eigenvalue weighted by molar-refractivity contribution is 0.0142. The number of alkyl halides is 1. The van der Waals surface area contributed by atoms with E-state index in [0.29, 0.717) is 6.42 Å². The summed E-state index contributed by atoms with van der Waals surface area (Å²) >= 11 is 4.64. The van der Waals surface area contributed by atoms with Gasteiger partial charge >= 0.3 is 23.1 Å². The largest absolute Gasteiger partial charge is 0.508 e. The zero-order valence-corrected chi connectivity index (χ0v) is 11.6. The lowest BCUT2D eigenvalue weighted by Crippen LogP contribution is -2.30. The molecule has 0 amide bonds. The Labute approximate surface area is 135 Å². The van der Waals surface area contributed by atoms with Gasteiger partial charge in [0.05, 0.1) is 5.60 Å². The van der Waals surface area contributed by atoms with Crippen LogP contribution in [0.15, 0.2) is 18.2 Å². The molecule has 0 aliphatic heterocycles. The maximum absolute atomic E-state index is 10.0. The van der Waals surface area contributed by atoms with Crippen molar-refractivity contribution in [3.63, 3.8) is 0 Å². The molecule has 2 atom stereocenters. The summed E-state index contributed by atoms with van der Waals surface area (Å²) in [4.78, 5) is 0. The van der Waals surface area contributed by atoms with Crippen LogP contribution in [0.4, 0.5) is 0 Å². The molecule has 1 aromatic rings. The Kier molecular flexibility index (Phi) is 8.13. The highest BCUT2D eigenvalue weighted by atomic mass is 35.5. The van der Waals surface area contributed by atoms with Crippen molar-refractivity contribution in [2.24, 2.45) is 0 Å². The summed E-state index contributed by atoms with van der Waals surface area (Å²) in [6.45, 7) is 1.84. The Hall–Kier alpha value is -0.164. The zero-order chi connectivity index (χ0) is 13.8. The minimum absolute atomic E-state index is 0. The third kappa shape index (κ3) is 5.38. The van der Waals surface area contributed by atoms with Crippen molar-refractivity contribution in [3.05, 3.63) is 23.8 Å². The summed E-state index contributed by atoms with van der Waals surface area (Å²) < 4.78 is 0. The molecule has 1 aliphatic carbocycles. The molecule has 1 aromatic carbocycles. The van der Waals surface area contributed by atoms with Gasteiger partial charge in [0.15, 0.2) is 0 Å². The Morgan fingerprint density at radius 3 is 2.42 bits per heavy atom. The number of halogens is 1. The molecule has 3 nitrogen and oxygen atoms in total. The topological polar surface area (TPSA) is 60.7 Å². The van der Waals surface area contributed by atoms with Crippen LogP contribution in [0.25, 0.3) is 0 Å². The maximum Gasteiger partial charge on any atom is 0.316 e. The van der Waals surface area contributed by atoms with Gasteiger partial charge in [-0.25, -0.2) is 0 Å². The van der Waals surface area contributed by atoms with Crippen LogP contribution in [0, 0.1) is 0 Å². The second-order valence-corrected chi connectivity index (χ2v) is 5.03. The number of benzene rings is 1. The van der Waals surface area contributed by atoms with Crippen molar-refractivity contribution >= 4 is 34.7 Å². The molecule has 0 heterocycles. The summed E-state index contributed by atoms with van der Waals surface area (Å²) in [7, 11) is 0. The fourth-order valence-electron chi connectivity index (χ4n) is 2.61. The summed E-state index contributed by atoms with van der Waals surface area (Å²) in [6, 6.07) is 4.69. The van der Waals surface area contributed by atoms with Gasteiger partial charge in [-0.3, -0.25) is 0 Å². The number of hydrogen-bond acceptors (Lipinski definition) is 3. The van der Waals surface area contributed by atoms with E-state index in [0.717, 1.165) is 24.8 Å². The van der Waals surface area contributed by atoms with E-state index in [9.17, 15) is 15.3 Å². The van der Waals surface area contributed by atoms with Gasteiger partial charge in [-0.1, -0.05) is 6.07 Å². The molecule has 0 spiro atoms. The summed E-state index contributed by atoms with van der Waals surface area (Å²) in [6.07, 6.45) is 4.92. The van der Waals surface area contributed by atoms with Gasteiger partial charge in [-0.15, -0.1) is 11.6 Å². The Balaban J connectivity index is 0.00000103. The van der Waals surface area contributed by atoms with Crippen LogP contribution in [0.2, 0.25) is 0 Å². The Bertz CT molecular complexity index is 396. The smallest absolute Gasteiger partial charge is 0.316 e. The number of phenolic OH excluding ortho intramolecular Hbond substituents is 2. The first-order valence-electron chi connectivity index (χ1n) is 6.10. The SMILES string of the molecule is CC1(O)CCCC(c2ccc(O)cc2O)C1.CCl.[MgH2]. The predicted molar refractivity (Wildman–Crippen MR) is 81.9 cm³/mol. The van der Waals surface area contributed by atoms with Gasteiger partial charge in [0.2, 0.25) is 0 Å². The van der Waals surface area contributed by atoms with Gasteiger partial charge in [0.25, 0.3) is 0 Å². The van der Waals surface area contributed by atoms with Crippen LogP contribution in [0.1, 0.15) is 44.1 Å². The fourth-order valence-corrected chi connectivity index (χ4v) is 2.61. The normalized spacial score (nSPS) is 25.8. The third-order valence-corrected chi connectivity index (χ3v) is 3.41. The molecule has 0 aromatic heterocycles. The van der Waals surface area contributed by atoms with Crippen molar-refractivity contribution in [2.75, 3.05) is 6.38 Å². The lowest BCUT2D eigenvalue weighted by Gasteiger charge is -2.34. The predicted octanol–water partition coefficient (Wildman–Crippen LogP) is 2.45. The highest BCUT2D eigenvalue weighted by Gasteiger charge is 2.31. The quantitative estimate of drug-likeness (QED) is 0.551. The lowest BCUT2D eigenvalue weighted by atomic mass is 9.76. The number of rotatable bonds is 1. The minimum Gasteiger partial charge on any atom is -0.508 e.